The van der Waals surface area contributed by atoms with Crippen molar-refractivity contribution < 1.29 is 14.0 Å². The summed E-state index contributed by atoms with van der Waals surface area (Å²) in [6.45, 7) is 8.49. The highest BCUT2D eigenvalue weighted by Crippen LogP contribution is 2.40. The first kappa shape index (κ1) is 19.5. The van der Waals surface area contributed by atoms with Crippen LogP contribution < -0.4 is 4.74 Å². The maximum Gasteiger partial charge on any atom is 0.490 e. The van der Waals surface area contributed by atoms with Crippen LogP contribution in [0.4, 0.5) is 0 Å². The second kappa shape index (κ2) is 7.78. The predicted molar refractivity (Wildman–Crippen MR) is 107 cm³/mol. The molecule has 0 spiro atoms. The lowest BCUT2D eigenvalue weighted by atomic mass is 9.72. The molecule has 142 valence electrons. The molecular formula is C22H33BO3. The molecule has 3 nitrogen and oxygen atoms in total. The lowest BCUT2D eigenvalue weighted by molar-refractivity contribution is 0.00578. The zero-order chi connectivity index (χ0) is 18.8. The molecule has 0 radical (unpaired) electrons. The summed E-state index contributed by atoms with van der Waals surface area (Å²) < 4.78 is 18.0. The Morgan fingerprint density at radius 1 is 1.04 bits per heavy atom. The molecule has 1 saturated carbocycles. The molecule has 1 saturated heterocycles. The minimum absolute atomic E-state index is 0.260. The van der Waals surface area contributed by atoms with E-state index in [1.165, 1.54) is 43.1 Å². The van der Waals surface area contributed by atoms with E-state index in [1.807, 2.05) is 12.1 Å². The van der Waals surface area contributed by atoms with Crippen molar-refractivity contribution in [2.45, 2.75) is 77.4 Å². The van der Waals surface area contributed by atoms with Crippen LogP contribution in [0.25, 0.3) is 0 Å². The van der Waals surface area contributed by atoms with Crippen LogP contribution in [0.3, 0.4) is 0 Å². The quantitative estimate of drug-likeness (QED) is 0.664. The van der Waals surface area contributed by atoms with Gasteiger partial charge in [0.25, 0.3) is 0 Å². The largest absolute Gasteiger partial charge is 0.497 e. The molecule has 1 heterocycles. The molecule has 1 aliphatic heterocycles. The van der Waals surface area contributed by atoms with E-state index < -0.39 is 0 Å². The van der Waals surface area contributed by atoms with Gasteiger partial charge in [0.2, 0.25) is 0 Å². The van der Waals surface area contributed by atoms with Crippen molar-refractivity contribution in [3.8, 4) is 5.75 Å². The van der Waals surface area contributed by atoms with Gasteiger partial charge >= 0.3 is 7.12 Å². The van der Waals surface area contributed by atoms with Gasteiger partial charge in [0.05, 0.1) is 18.3 Å². The molecule has 0 unspecified atom stereocenters. The molecule has 26 heavy (non-hydrogen) atoms. The summed E-state index contributed by atoms with van der Waals surface area (Å²) in [5.74, 6) is 1.54. The fourth-order valence-electron chi connectivity index (χ4n) is 3.80. The minimum atomic E-state index is -0.302. The molecular weight excluding hydrogens is 323 g/mol. The summed E-state index contributed by atoms with van der Waals surface area (Å²) in [6.07, 6.45) is 9.91. The average Bonchev–Trinajstić information content (AvgIpc) is 2.83. The summed E-state index contributed by atoms with van der Waals surface area (Å²) in [6, 6.07) is 8.33. The lowest BCUT2D eigenvalue weighted by Gasteiger charge is -2.32. The van der Waals surface area contributed by atoms with E-state index in [-0.39, 0.29) is 18.3 Å². The van der Waals surface area contributed by atoms with E-state index in [4.69, 9.17) is 14.0 Å². The zero-order valence-corrected chi connectivity index (χ0v) is 17.0. The van der Waals surface area contributed by atoms with Gasteiger partial charge in [-0.3, -0.25) is 0 Å². The first-order valence-corrected chi connectivity index (χ1v) is 10.00. The van der Waals surface area contributed by atoms with E-state index >= 15 is 0 Å². The third-order valence-corrected chi connectivity index (χ3v) is 6.22. The van der Waals surface area contributed by atoms with Gasteiger partial charge in [-0.2, -0.15) is 0 Å². The van der Waals surface area contributed by atoms with Crippen LogP contribution in [-0.4, -0.2) is 25.4 Å². The molecule has 1 aliphatic carbocycles. The molecule has 0 N–H and O–H groups in total. The van der Waals surface area contributed by atoms with E-state index in [1.54, 1.807) is 7.11 Å². The van der Waals surface area contributed by atoms with Gasteiger partial charge in [-0.25, -0.2) is 0 Å². The summed E-state index contributed by atoms with van der Waals surface area (Å²) >= 11 is 0. The predicted octanol–water partition coefficient (Wildman–Crippen LogP) is 5.38. The number of methoxy groups -OCH3 is 1. The van der Waals surface area contributed by atoms with Gasteiger partial charge in [0, 0.05) is 0 Å². The van der Waals surface area contributed by atoms with Crippen molar-refractivity contribution in [2.75, 3.05) is 7.11 Å². The van der Waals surface area contributed by atoms with Crippen molar-refractivity contribution in [1.29, 1.82) is 0 Å². The number of ether oxygens (including phenoxy) is 1. The zero-order valence-electron chi connectivity index (χ0n) is 17.0. The topological polar surface area (TPSA) is 27.7 Å². The Morgan fingerprint density at radius 3 is 2.15 bits per heavy atom. The Kier molecular flexibility index (Phi) is 5.83. The minimum Gasteiger partial charge on any atom is -0.497 e. The Bertz CT molecular complexity index is 611. The third-order valence-electron chi connectivity index (χ3n) is 6.22. The number of rotatable bonds is 5. The molecule has 4 heteroatoms. The Labute approximate surface area is 159 Å². The van der Waals surface area contributed by atoms with Crippen LogP contribution in [0.5, 0.6) is 5.75 Å². The monoisotopic (exact) mass is 356 g/mol. The van der Waals surface area contributed by atoms with Crippen molar-refractivity contribution in [2.24, 2.45) is 5.92 Å². The molecule has 1 aromatic carbocycles. The van der Waals surface area contributed by atoms with E-state index in [0.29, 0.717) is 5.92 Å². The molecule has 0 atom stereocenters. The fourth-order valence-corrected chi connectivity index (χ4v) is 3.80. The van der Waals surface area contributed by atoms with Crippen LogP contribution in [0, 0.1) is 5.92 Å². The number of allylic oxidation sites excluding steroid dienone is 2. The van der Waals surface area contributed by atoms with Crippen LogP contribution in [0.15, 0.2) is 35.8 Å². The number of hydrogen-bond acceptors (Lipinski definition) is 3. The summed E-state index contributed by atoms with van der Waals surface area (Å²) in [5, 5.41) is 0. The van der Waals surface area contributed by atoms with Gasteiger partial charge < -0.3 is 14.0 Å². The van der Waals surface area contributed by atoms with E-state index in [9.17, 15) is 0 Å². The van der Waals surface area contributed by atoms with Gasteiger partial charge in [0.1, 0.15) is 5.75 Å². The van der Waals surface area contributed by atoms with Gasteiger partial charge in [-0.05, 0) is 76.0 Å². The molecule has 1 aromatic rings. The first-order chi connectivity index (χ1) is 12.3. The molecule has 0 bridgehead atoms. The summed E-state index contributed by atoms with van der Waals surface area (Å²) in [7, 11) is 1.44. The number of benzene rings is 1. The second-order valence-electron chi connectivity index (χ2n) is 8.75. The van der Waals surface area contributed by atoms with Gasteiger partial charge in [0.15, 0.2) is 0 Å². The molecule has 2 aliphatic rings. The average molecular weight is 356 g/mol. The SMILES string of the molecule is COc1ccc(C/C(=C\C2CCCCC2)B2OC(C)(C)C(C)(C)O2)cc1. The van der Waals surface area contributed by atoms with Crippen molar-refractivity contribution in [1.82, 2.24) is 0 Å². The van der Waals surface area contributed by atoms with E-state index in [0.717, 1.165) is 12.2 Å². The van der Waals surface area contributed by atoms with Crippen molar-refractivity contribution in [3.63, 3.8) is 0 Å². The van der Waals surface area contributed by atoms with Crippen LogP contribution >= 0.6 is 0 Å². The lowest BCUT2D eigenvalue weighted by Crippen LogP contribution is -2.41. The maximum atomic E-state index is 6.37. The highest BCUT2D eigenvalue weighted by molar-refractivity contribution is 6.54. The smallest absolute Gasteiger partial charge is 0.490 e. The Balaban J connectivity index is 1.83. The summed E-state index contributed by atoms with van der Waals surface area (Å²) in [4.78, 5) is 0. The molecule has 3 rings (SSSR count). The van der Waals surface area contributed by atoms with Crippen LogP contribution in [-0.2, 0) is 15.7 Å². The fraction of sp³-hybridized carbons (Fsp3) is 0.636. The van der Waals surface area contributed by atoms with Crippen molar-refractivity contribution in [3.05, 3.63) is 41.4 Å². The van der Waals surface area contributed by atoms with E-state index in [2.05, 4.69) is 45.9 Å². The van der Waals surface area contributed by atoms with Crippen molar-refractivity contribution >= 4 is 7.12 Å². The Hall–Kier alpha value is -1.26. The molecule has 0 amide bonds. The number of hydrogen-bond donors (Lipinski definition) is 0. The van der Waals surface area contributed by atoms with Crippen LogP contribution in [0.1, 0.15) is 65.4 Å². The van der Waals surface area contributed by atoms with Crippen LogP contribution in [0.2, 0.25) is 0 Å². The third kappa shape index (κ3) is 4.35. The molecule has 2 fully saturated rings. The molecule has 0 aromatic heterocycles. The first-order valence-electron chi connectivity index (χ1n) is 10.00. The summed E-state index contributed by atoms with van der Waals surface area (Å²) in [5.41, 5.74) is 1.93. The van der Waals surface area contributed by atoms with Gasteiger partial charge in [-0.15, -0.1) is 0 Å². The Morgan fingerprint density at radius 2 is 1.62 bits per heavy atom. The highest BCUT2D eigenvalue weighted by Gasteiger charge is 2.52. The highest BCUT2D eigenvalue weighted by atomic mass is 16.7. The van der Waals surface area contributed by atoms with Gasteiger partial charge in [-0.1, -0.05) is 37.5 Å². The second-order valence-corrected chi connectivity index (χ2v) is 8.75. The maximum absolute atomic E-state index is 6.37. The standard InChI is InChI=1S/C22H33BO3/c1-21(2)22(3,4)26-23(25-21)19(15-17-9-7-6-8-10-17)16-18-11-13-20(24-5)14-12-18/h11-15,17H,6-10,16H2,1-5H3/b19-15+. The normalized spacial score (nSPS) is 23.3.